The van der Waals surface area contributed by atoms with E-state index < -0.39 is 30.8 Å². The van der Waals surface area contributed by atoms with Gasteiger partial charge in [-0.3, -0.25) is 0 Å². The van der Waals surface area contributed by atoms with Crippen LogP contribution in [0.2, 0.25) is 0 Å². The van der Waals surface area contributed by atoms with E-state index >= 15 is 0 Å². The number of rotatable bonds is 6. The first-order chi connectivity index (χ1) is 11.5. The maximum Gasteiger partial charge on any atom is 0.488 e. The second-order valence-electron chi connectivity index (χ2n) is 7.00. The van der Waals surface area contributed by atoms with Crippen LogP contribution in [0, 0.1) is 0 Å². The van der Waals surface area contributed by atoms with Crippen molar-refractivity contribution in [1.29, 1.82) is 0 Å². The lowest BCUT2D eigenvalue weighted by Gasteiger charge is -2.23. The molecule has 0 unspecified atom stereocenters. The Labute approximate surface area is 148 Å². The van der Waals surface area contributed by atoms with E-state index in [9.17, 15) is 9.59 Å². The van der Waals surface area contributed by atoms with Gasteiger partial charge in [-0.05, 0) is 45.6 Å². The van der Waals surface area contributed by atoms with E-state index in [1.807, 2.05) is 0 Å². The summed E-state index contributed by atoms with van der Waals surface area (Å²) in [7, 11) is -1.56. The summed E-state index contributed by atoms with van der Waals surface area (Å²) in [6.07, 6.45) is -0.838. The van der Waals surface area contributed by atoms with Crippen LogP contribution < -0.4 is 10.8 Å². The number of amides is 1. The van der Waals surface area contributed by atoms with Gasteiger partial charge in [0.15, 0.2) is 0 Å². The van der Waals surface area contributed by atoms with E-state index in [0.717, 1.165) is 5.56 Å². The second kappa shape index (κ2) is 8.87. The number of ether oxygens (including phenoxy) is 2. The van der Waals surface area contributed by atoms with Crippen LogP contribution >= 0.6 is 0 Å². The normalized spacial score (nSPS) is 12.5. The molecule has 25 heavy (non-hydrogen) atoms. The minimum atomic E-state index is -1.56. The molecule has 0 fully saturated rings. The van der Waals surface area contributed by atoms with Gasteiger partial charge < -0.3 is 24.8 Å². The van der Waals surface area contributed by atoms with Crippen molar-refractivity contribution in [3.8, 4) is 0 Å². The molecule has 0 aliphatic rings. The Kier molecular flexibility index (Phi) is 7.45. The summed E-state index contributed by atoms with van der Waals surface area (Å²) < 4.78 is 10.4. The predicted molar refractivity (Wildman–Crippen MR) is 94.4 cm³/mol. The highest BCUT2D eigenvalue weighted by Crippen LogP contribution is 2.09. The van der Waals surface area contributed by atoms with Crippen LogP contribution in [0.25, 0.3) is 0 Å². The molecule has 0 aromatic heterocycles. The molecule has 0 aliphatic carbocycles. The average molecular weight is 351 g/mol. The summed E-state index contributed by atoms with van der Waals surface area (Å²) in [5.41, 5.74) is 0.381. The number of hydrogen-bond donors (Lipinski definition) is 3. The van der Waals surface area contributed by atoms with Gasteiger partial charge in [0.05, 0.1) is 6.10 Å². The Bertz CT molecular complexity index is 580. The van der Waals surface area contributed by atoms with Crippen LogP contribution in [0.1, 0.15) is 40.2 Å². The number of hydrogen-bond acceptors (Lipinski definition) is 6. The van der Waals surface area contributed by atoms with E-state index in [4.69, 9.17) is 19.5 Å². The Morgan fingerprint density at radius 2 is 1.72 bits per heavy atom. The summed E-state index contributed by atoms with van der Waals surface area (Å²) in [5, 5.41) is 20.8. The molecule has 1 rings (SSSR count). The Morgan fingerprint density at radius 1 is 1.16 bits per heavy atom. The summed E-state index contributed by atoms with van der Waals surface area (Å²) >= 11 is 0. The first-order valence-electron chi connectivity index (χ1n) is 8.13. The highest BCUT2D eigenvalue weighted by atomic mass is 16.6. The quantitative estimate of drug-likeness (QED) is 0.516. The van der Waals surface area contributed by atoms with Gasteiger partial charge >= 0.3 is 19.2 Å². The standard InChI is InChI=1S/C17H26BNO6/c1-11(2)24-15(20)14(19-16(21)25-17(3,4)5)10-12-6-8-13(9-7-12)18(22)23/h6-9,11,14,22-23H,10H2,1-5H3,(H,19,21)/t14-/m0/s1. The SMILES string of the molecule is CC(C)OC(=O)[C@H](Cc1ccc(B(O)O)cc1)NC(=O)OC(C)(C)C. The Morgan fingerprint density at radius 3 is 2.16 bits per heavy atom. The zero-order valence-corrected chi connectivity index (χ0v) is 15.3. The van der Waals surface area contributed by atoms with Gasteiger partial charge in [-0.15, -0.1) is 0 Å². The van der Waals surface area contributed by atoms with E-state index in [1.54, 1.807) is 46.8 Å². The average Bonchev–Trinajstić information content (AvgIpc) is 2.44. The van der Waals surface area contributed by atoms with Crippen molar-refractivity contribution in [2.75, 3.05) is 0 Å². The third-order valence-corrected chi connectivity index (χ3v) is 3.05. The zero-order chi connectivity index (χ0) is 19.2. The van der Waals surface area contributed by atoms with Gasteiger partial charge in [0.25, 0.3) is 0 Å². The van der Waals surface area contributed by atoms with Crippen molar-refractivity contribution >= 4 is 24.6 Å². The maximum absolute atomic E-state index is 12.3. The number of alkyl carbamates (subject to hydrolysis) is 1. The Balaban J connectivity index is 2.86. The third-order valence-electron chi connectivity index (χ3n) is 3.05. The van der Waals surface area contributed by atoms with E-state index in [-0.39, 0.29) is 12.5 Å². The highest BCUT2D eigenvalue weighted by molar-refractivity contribution is 6.58. The summed E-state index contributed by atoms with van der Waals surface area (Å²) in [5.74, 6) is -0.563. The first kappa shape index (κ1) is 21.0. The lowest BCUT2D eigenvalue weighted by Crippen LogP contribution is -2.46. The molecule has 1 atom stereocenters. The van der Waals surface area contributed by atoms with E-state index in [0.29, 0.717) is 5.46 Å². The Hall–Kier alpha value is -2.06. The molecule has 138 valence electrons. The molecule has 8 heteroatoms. The summed E-state index contributed by atoms with van der Waals surface area (Å²) in [6, 6.07) is 5.47. The number of esters is 1. The fourth-order valence-corrected chi connectivity index (χ4v) is 2.02. The van der Waals surface area contributed by atoms with E-state index in [2.05, 4.69) is 5.32 Å². The lowest BCUT2D eigenvalue weighted by atomic mass is 9.80. The monoisotopic (exact) mass is 351 g/mol. The van der Waals surface area contributed by atoms with Gasteiger partial charge in [-0.25, -0.2) is 9.59 Å². The van der Waals surface area contributed by atoms with Gasteiger partial charge in [-0.1, -0.05) is 24.3 Å². The molecule has 0 radical (unpaired) electrons. The molecule has 0 saturated heterocycles. The highest BCUT2D eigenvalue weighted by Gasteiger charge is 2.26. The number of carbonyl (C=O) groups excluding carboxylic acids is 2. The van der Waals surface area contributed by atoms with Crippen LogP contribution in [-0.4, -0.2) is 47.0 Å². The van der Waals surface area contributed by atoms with Crippen molar-refractivity contribution in [2.24, 2.45) is 0 Å². The third kappa shape index (κ3) is 8.04. The first-order valence-corrected chi connectivity index (χ1v) is 8.13. The molecule has 0 bridgehead atoms. The number of benzene rings is 1. The number of nitrogens with one attached hydrogen (secondary N) is 1. The molecule has 0 spiro atoms. The van der Waals surface area contributed by atoms with Gasteiger partial charge in [0, 0.05) is 6.42 Å². The molecular weight excluding hydrogens is 325 g/mol. The molecular formula is C17H26BNO6. The molecule has 0 heterocycles. The van der Waals surface area contributed by atoms with Gasteiger partial charge in [-0.2, -0.15) is 0 Å². The van der Waals surface area contributed by atoms with Crippen LogP contribution in [-0.2, 0) is 20.7 Å². The van der Waals surface area contributed by atoms with Crippen molar-refractivity contribution in [3.05, 3.63) is 29.8 Å². The van der Waals surface area contributed by atoms with Crippen molar-refractivity contribution < 1.29 is 29.1 Å². The molecule has 0 aliphatic heterocycles. The predicted octanol–water partition coefficient (Wildman–Crippen LogP) is 0.754. The summed E-state index contributed by atoms with van der Waals surface area (Å²) in [6.45, 7) is 8.63. The molecule has 1 amide bonds. The molecule has 0 saturated carbocycles. The minimum absolute atomic E-state index is 0.187. The molecule has 7 nitrogen and oxygen atoms in total. The van der Waals surface area contributed by atoms with Gasteiger partial charge in [0.2, 0.25) is 0 Å². The summed E-state index contributed by atoms with van der Waals surface area (Å²) in [4.78, 5) is 24.2. The molecule has 1 aromatic carbocycles. The van der Waals surface area contributed by atoms with Crippen LogP contribution in [0.4, 0.5) is 4.79 Å². The van der Waals surface area contributed by atoms with Gasteiger partial charge in [0.1, 0.15) is 11.6 Å². The van der Waals surface area contributed by atoms with Crippen molar-refractivity contribution in [2.45, 2.75) is 58.8 Å². The molecule has 3 N–H and O–H groups in total. The largest absolute Gasteiger partial charge is 0.488 e. The van der Waals surface area contributed by atoms with Crippen LogP contribution in [0.15, 0.2) is 24.3 Å². The lowest BCUT2D eigenvalue weighted by molar-refractivity contribution is -0.149. The second-order valence-corrected chi connectivity index (χ2v) is 7.00. The van der Waals surface area contributed by atoms with Crippen LogP contribution in [0.3, 0.4) is 0 Å². The molecule has 1 aromatic rings. The maximum atomic E-state index is 12.3. The topological polar surface area (TPSA) is 105 Å². The minimum Gasteiger partial charge on any atom is -0.461 e. The smallest absolute Gasteiger partial charge is 0.461 e. The number of carbonyl (C=O) groups is 2. The van der Waals surface area contributed by atoms with Crippen LogP contribution in [0.5, 0.6) is 0 Å². The zero-order valence-electron chi connectivity index (χ0n) is 15.3. The fourth-order valence-electron chi connectivity index (χ4n) is 2.02. The van der Waals surface area contributed by atoms with E-state index in [1.165, 1.54) is 12.1 Å². The fraction of sp³-hybridized carbons (Fsp3) is 0.529. The van der Waals surface area contributed by atoms with Crippen molar-refractivity contribution in [1.82, 2.24) is 5.32 Å². The van der Waals surface area contributed by atoms with Crippen molar-refractivity contribution in [3.63, 3.8) is 0 Å².